The van der Waals surface area contributed by atoms with Gasteiger partial charge in [-0.15, -0.1) is 0 Å². The standard InChI is InChI=1S/C26H19ClN4O8/c1-38-22-12-15(5-10-21(22)39-14-23(32)28-17-8-6-16(27)7-9-17)11-20-24(33)29-26(35)30(25(20)34)18-3-2-4-19(13-18)31(36)37/h2-13H,14H2,1H3,(H,28,32)(H,29,33,35)/b20-11+. The minimum Gasteiger partial charge on any atom is -0.493 e. The molecule has 13 heteroatoms. The van der Waals surface area contributed by atoms with Gasteiger partial charge in [-0.05, 0) is 54.1 Å². The van der Waals surface area contributed by atoms with Gasteiger partial charge in [-0.3, -0.25) is 29.8 Å². The van der Waals surface area contributed by atoms with Gasteiger partial charge in [-0.25, -0.2) is 9.69 Å². The highest BCUT2D eigenvalue weighted by Crippen LogP contribution is 2.30. The van der Waals surface area contributed by atoms with E-state index < -0.39 is 28.7 Å². The number of non-ortho nitro benzene ring substituents is 1. The number of imide groups is 2. The van der Waals surface area contributed by atoms with Gasteiger partial charge in [-0.1, -0.05) is 23.7 Å². The minimum atomic E-state index is -1.04. The van der Waals surface area contributed by atoms with Crippen molar-refractivity contribution < 1.29 is 33.6 Å². The molecular formula is C26H19ClN4O8. The van der Waals surface area contributed by atoms with E-state index in [2.05, 4.69) is 10.6 Å². The van der Waals surface area contributed by atoms with Crippen molar-refractivity contribution in [1.29, 1.82) is 0 Å². The van der Waals surface area contributed by atoms with Gasteiger partial charge in [0.15, 0.2) is 18.1 Å². The third kappa shape index (κ3) is 6.19. The van der Waals surface area contributed by atoms with Crippen LogP contribution in [0.2, 0.25) is 5.02 Å². The third-order valence-electron chi connectivity index (χ3n) is 5.39. The van der Waals surface area contributed by atoms with Gasteiger partial charge in [0.2, 0.25) is 0 Å². The zero-order valence-corrected chi connectivity index (χ0v) is 20.9. The lowest BCUT2D eigenvalue weighted by Crippen LogP contribution is -2.54. The van der Waals surface area contributed by atoms with Crippen LogP contribution in [0.5, 0.6) is 11.5 Å². The first kappa shape index (κ1) is 26.8. The van der Waals surface area contributed by atoms with Crippen molar-refractivity contribution in [3.05, 3.63) is 93.0 Å². The zero-order valence-electron chi connectivity index (χ0n) is 20.2. The van der Waals surface area contributed by atoms with Gasteiger partial charge in [0.05, 0.1) is 17.7 Å². The summed E-state index contributed by atoms with van der Waals surface area (Å²) >= 11 is 5.83. The Balaban J connectivity index is 1.52. The second kappa shape index (κ2) is 11.4. The normalized spacial score (nSPS) is 14.2. The van der Waals surface area contributed by atoms with Crippen molar-refractivity contribution in [1.82, 2.24) is 5.32 Å². The van der Waals surface area contributed by atoms with Gasteiger partial charge in [0.1, 0.15) is 5.57 Å². The number of amides is 5. The van der Waals surface area contributed by atoms with Crippen LogP contribution in [0.3, 0.4) is 0 Å². The third-order valence-corrected chi connectivity index (χ3v) is 5.64. The molecule has 0 aromatic heterocycles. The smallest absolute Gasteiger partial charge is 0.335 e. The maximum absolute atomic E-state index is 13.1. The van der Waals surface area contributed by atoms with E-state index in [0.29, 0.717) is 21.2 Å². The average molecular weight is 551 g/mol. The molecule has 198 valence electrons. The number of nitrogens with zero attached hydrogens (tertiary/aromatic N) is 2. The summed E-state index contributed by atoms with van der Waals surface area (Å²) in [7, 11) is 1.37. The molecule has 1 aliphatic heterocycles. The molecule has 1 heterocycles. The highest BCUT2D eigenvalue weighted by molar-refractivity contribution is 6.39. The topological polar surface area (TPSA) is 157 Å². The first-order chi connectivity index (χ1) is 18.7. The van der Waals surface area contributed by atoms with E-state index in [1.54, 1.807) is 24.3 Å². The molecular weight excluding hydrogens is 532 g/mol. The Bertz CT molecular complexity index is 1520. The maximum Gasteiger partial charge on any atom is 0.335 e. The number of carbonyl (C=O) groups excluding carboxylic acids is 4. The van der Waals surface area contributed by atoms with E-state index in [4.69, 9.17) is 21.1 Å². The summed E-state index contributed by atoms with van der Waals surface area (Å²) in [6, 6.07) is 14.8. The first-order valence-corrected chi connectivity index (χ1v) is 11.6. The van der Waals surface area contributed by atoms with Crippen LogP contribution in [-0.4, -0.2) is 42.4 Å². The summed E-state index contributed by atoms with van der Waals surface area (Å²) in [5, 5.41) is 16.3. The molecule has 12 nitrogen and oxygen atoms in total. The fourth-order valence-electron chi connectivity index (χ4n) is 3.57. The van der Waals surface area contributed by atoms with E-state index in [9.17, 15) is 29.3 Å². The molecule has 0 aliphatic carbocycles. The number of nitrogens with one attached hydrogen (secondary N) is 2. The van der Waals surface area contributed by atoms with Crippen molar-refractivity contribution in [3.63, 3.8) is 0 Å². The number of rotatable bonds is 8. The second-order valence-corrected chi connectivity index (χ2v) is 8.43. The molecule has 0 bridgehead atoms. The number of ether oxygens (including phenoxy) is 2. The Hall–Kier alpha value is -5.23. The number of carbonyl (C=O) groups is 4. The Labute approximate surface area is 225 Å². The molecule has 5 amide bonds. The van der Waals surface area contributed by atoms with Crippen molar-refractivity contribution in [2.24, 2.45) is 0 Å². The second-order valence-electron chi connectivity index (χ2n) is 7.99. The lowest BCUT2D eigenvalue weighted by atomic mass is 10.1. The summed E-state index contributed by atoms with van der Waals surface area (Å²) < 4.78 is 10.9. The Morgan fingerprint density at radius 3 is 2.51 bits per heavy atom. The summed E-state index contributed by atoms with van der Waals surface area (Å²) in [5.74, 6) is -1.91. The van der Waals surface area contributed by atoms with Crippen molar-refractivity contribution >= 4 is 58.5 Å². The van der Waals surface area contributed by atoms with Gasteiger partial charge < -0.3 is 14.8 Å². The minimum absolute atomic E-state index is 0.0803. The number of nitro benzene ring substituents is 1. The molecule has 0 unspecified atom stereocenters. The summed E-state index contributed by atoms with van der Waals surface area (Å²) in [5.41, 5.74) is 0.0758. The molecule has 1 aliphatic rings. The molecule has 4 rings (SSSR count). The molecule has 1 saturated heterocycles. The number of barbiturate groups is 1. The van der Waals surface area contributed by atoms with Crippen LogP contribution >= 0.6 is 11.6 Å². The molecule has 0 radical (unpaired) electrons. The molecule has 1 fully saturated rings. The number of anilines is 2. The Morgan fingerprint density at radius 1 is 1.08 bits per heavy atom. The Kier molecular flexibility index (Phi) is 7.87. The van der Waals surface area contributed by atoms with Crippen LogP contribution in [0.4, 0.5) is 21.9 Å². The lowest BCUT2D eigenvalue weighted by Gasteiger charge is -2.26. The van der Waals surface area contributed by atoms with Crippen molar-refractivity contribution in [3.8, 4) is 11.5 Å². The van der Waals surface area contributed by atoms with E-state index in [-0.39, 0.29) is 35.1 Å². The Morgan fingerprint density at radius 2 is 1.82 bits per heavy atom. The molecule has 3 aromatic rings. The predicted molar refractivity (Wildman–Crippen MR) is 141 cm³/mol. The summed E-state index contributed by atoms with van der Waals surface area (Å²) in [6.07, 6.45) is 1.23. The van der Waals surface area contributed by atoms with E-state index in [1.165, 1.54) is 49.6 Å². The molecule has 3 aromatic carbocycles. The largest absolute Gasteiger partial charge is 0.493 e. The fourth-order valence-corrected chi connectivity index (χ4v) is 3.70. The van der Waals surface area contributed by atoms with Crippen LogP contribution in [0.15, 0.2) is 72.3 Å². The molecule has 0 spiro atoms. The zero-order chi connectivity index (χ0) is 28.1. The number of benzene rings is 3. The highest BCUT2D eigenvalue weighted by atomic mass is 35.5. The fraction of sp³-hybridized carbons (Fsp3) is 0.0769. The molecule has 0 atom stereocenters. The van der Waals surface area contributed by atoms with Crippen LogP contribution in [-0.2, 0) is 14.4 Å². The number of hydrogen-bond donors (Lipinski definition) is 2. The van der Waals surface area contributed by atoms with E-state index in [1.807, 2.05) is 0 Å². The predicted octanol–water partition coefficient (Wildman–Crippen LogP) is 3.94. The summed E-state index contributed by atoms with van der Waals surface area (Å²) in [6.45, 7) is -0.333. The van der Waals surface area contributed by atoms with Crippen molar-refractivity contribution in [2.45, 2.75) is 0 Å². The quantitative estimate of drug-likeness (QED) is 0.185. The number of urea groups is 1. The first-order valence-electron chi connectivity index (χ1n) is 11.2. The SMILES string of the molecule is COc1cc(/C=C2\C(=O)NC(=O)N(c3cccc([N+](=O)[O-])c3)C2=O)ccc1OCC(=O)Nc1ccc(Cl)cc1. The van der Waals surface area contributed by atoms with Crippen LogP contribution < -0.4 is 25.0 Å². The average Bonchev–Trinajstić information content (AvgIpc) is 2.91. The monoisotopic (exact) mass is 550 g/mol. The van der Waals surface area contributed by atoms with Gasteiger partial charge in [-0.2, -0.15) is 0 Å². The maximum atomic E-state index is 13.1. The van der Waals surface area contributed by atoms with Gasteiger partial charge in [0, 0.05) is 22.8 Å². The number of methoxy groups -OCH3 is 1. The van der Waals surface area contributed by atoms with E-state index >= 15 is 0 Å². The van der Waals surface area contributed by atoms with Crippen LogP contribution in [0.25, 0.3) is 6.08 Å². The summed E-state index contributed by atoms with van der Waals surface area (Å²) in [4.78, 5) is 61.3. The molecule has 2 N–H and O–H groups in total. The molecule has 39 heavy (non-hydrogen) atoms. The highest BCUT2D eigenvalue weighted by Gasteiger charge is 2.37. The van der Waals surface area contributed by atoms with Crippen molar-refractivity contribution in [2.75, 3.05) is 23.9 Å². The number of nitro groups is 1. The molecule has 0 saturated carbocycles. The lowest BCUT2D eigenvalue weighted by molar-refractivity contribution is -0.384. The van der Waals surface area contributed by atoms with E-state index in [0.717, 1.165) is 6.07 Å². The number of hydrogen-bond acceptors (Lipinski definition) is 8. The van der Waals surface area contributed by atoms with Crippen LogP contribution in [0, 0.1) is 10.1 Å². The number of halogens is 1. The van der Waals surface area contributed by atoms with Gasteiger partial charge in [0.25, 0.3) is 23.4 Å². The van der Waals surface area contributed by atoms with Gasteiger partial charge >= 0.3 is 6.03 Å². The van der Waals surface area contributed by atoms with Crippen LogP contribution in [0.1, 0.15) is 5.56 Å².